The second kappa shape index (κ2) is 7.57. The van der Waals surface area contributed by atoms with Gasteiger partial charge in [-0.1, -0.05) is 13.8 Å². The molecule has 0 fully saturated rings. The average Bonchev–Trinajstić information content (AvgIpc) is 2.80. The van der Waals surface area contributed by atoms with Crippen molar-refractivity contribution in [2.45, 2.75) is 50.3 Å². The first-order valence-corrected chi connectivity index (χ1v) is 8.84. The SMILES string of the molecule is CC(C)NCc1sccc1S(=O)(=O)NCCCC(F)(F)F. The van der Waals surface area contributed by atoms with E-state index >= 15 is 0 Å². The molecule has 0 atom stereocenters. The molecule has 1 heterocycles. The van der Waals surface area contributed by atoms with Gasteiger partial charge in [0.15, 0.2) is 0 Å². The quantitative estimate of drug-likeness (QED) is 0.713. The highest BCUT2D eigenvalue weighted by atomic mass is 32.2. The van der Waals surface area contributed by atoms with Gasteiger partial charge in [-0.3, -0.25) is 0 Å². The van der Waals surface area contributed by atoms with Crippen molar-refractivity contribution in [2.24, 2.45) is 0 Å². The zero-order chi connectivity index (χ0) is 16.1. The summed E-state index contributed by atoms with van der Waals surface area (Å²) < 4.78 is 62.4. The Hall–Kier alpha value is -0.640. The lowest BCUT2D eigenvalue weighted by atomic mass is 10.3. The van der Waals surface area contributed by atoms with Gasteiger partial charge in [0.25, 0.3) is 0 Å². The number of hydrogen-bond acceptors (Lipinski definition) is 4. The van der Waals surface area contributed by atoms with Crippen molar-refractivity contribution in [1.29, 1.82) is 0 Å². The van der Waals surface area contributed by atoms with Crippen molar-refractivity contribution in [2.75, 3.05) is 6.54 Å². The molecule has 0 aliphatic heterocycles. The second-order valence-electron chi connectivity index (χ2n) is 4.86. The first-order valence-electron chi connectivity index (χ1n) is 6.48. The molecule has 0 radical (unpaired) electrons. The van der Waals surface area contributed by atoms with Crippen LogP contribution >= 0.6 is 11.3 Å². The molecule has 21 heavy (non-hydrogen) atoms. The highest BCUT2D eigenvalue weighted by Crippen LogP contribution is 2.23. The van der Waals surface area contributed by atoms with Gasteiger partial charge in [-0.15, -0.1) is 11.3 Å². The molecule has 0 aliphatic carbocycles. The molecule has 1 aromatic rings. The second-order valence-corrected chi connectivity index (χ2v) is 7.60. The van der Waals surface area contributed by atoms with Gasteiger partial charge < -0.3 is 5.32 Å². The Bertz CT molecular complexity index is 539. The van der Waals surface area contributed by atoms with E-state index in [2.05, 4.69) is 10.0 Å². The molecule has 0 saturated heterocycles. The predicted molar refractivity (Wildman–Crippen MR) is 76.8 cm³/mol. The Balaban J connectivity index is 2.60. The molecular weight excluding hydrogens is 325 g/mol. The van der Waals surface area contributed by atoms with Crippen molar-refractivity contribution < 1.29 is 21.6 Å². The van der Waals surface area contributed by atoms with Crippen LogP contribution in [-0.2, 0) is 16.6 Å². The summed E-state index contributed by atoms with van der Waals surface area (Å²) in [6.45, 7) is 4.07. The van der Waals surface area contributed by atoms with E-state index in [-0.39, 0.29) is 23.9 Å². The van der Waals surface area contributed by atoms with E-state index in [4.69, 9.17) is 0 Å². The molecule has 9 heteroatoms. The fraction of sp³-hybridized carbons (Fsp3) is 0.667. The van der Waals surface area contributed by atoms with E-state index in [9.17, 15) is 21.6 Å². The Morgan fingerprint density at radius 2 is 2.00 bits per heavy atom. The van der Waals surface area contributed by atoms with Crippen LogP contribution in [0, 0.1) is 0 Å². The zero-order valence-corrected chi connectivity index (χ0v) is 13.5. The van der Waals surface area contributed by atoms with Crippen LogP contribution in [0.15, 0.2) is 16.3 Å². The highest BCUT2D eigenvalue weighted by molar-refractivity contribution is 7.89. The number of rotatable bonds is 8. The Morgan fingerprint density at radius 3 is 2.57 bits per heavy atom. The lowest BCUT2D eigenvalue weighted by molar-refractivity contribution is -0.135. The van der Waals surface area contributed by atoms with Crippen LogP contribution in [0.5, 0.6) is 0 Å². The first kappa shape index (κ1) is 18.4. The number of thiophene rings is 1. The Morgan fingerprint density at radius 1 is 1.33 bits per heavy atom. The van der Waals surface area contributed by atoms with Gasteiger partial charge in [0.1, 0.15) is 0 Å². The van der Waals surface area contributed by atoms with Crippen molar-refractivity contribution in [1.82, 2.24) is 10.0 Å². The van der Waals surface area contributed by atoms with Crippen LogP contribution in [0.2, 0.25) is 0 Å². The van der Waals surface area contributed by atoms with E-state index in [1.165, 1.54) is 17.4 Å². The van der Waals surface area contributed by atoms with Gasteiger partial charge in [-0.2, -0.15) is 13.2 Å². The Labute approximate surface area is 126 Å². The van der Waals surface area contributed by atoms with Gasteiger partial charge in [-0.05, 0) is 17.9 Å². The molecule has 122 valence electrons. The molecule has 0 aliphatic rings. The fourth-order valence-electron chi connectivity index (χ4n) is 1.57. The summed E-state index contributed by atoms with van der Waals surface area (Å²) in [7, 11) is -3.76. The summed E-state index contributed by atoms with van der Waals surface area (Å²) in [5.74, 6) is 0. The van der Waals surface area contributed by atoms with Crippen LogP contribution in [-0.4, -0.2) is 27.2 Å². The molecular formula is C12H19F3N2O2S2. The maximum Gasteiger partial charge on any atom is 0.389 e. The molecule has 0 amide bonds. The van der Waals surface area contributed by atoms with Gasteiger partial charge in [-0.25, -0.2) is 13.1 Å². The van der Waals surface area contributed by atoms with E-state index in [0.717, 1.165) is 0 Å². The molecule has 0 saturated carbocycles. The highest BCUT2D eigenvalue weighted by Gasteiger charge is 2.26. The number of halogens is 3. The lowest BCUT2D eigenvalue weighted by Crippen LogP contribution is -2.27. The van der Waals surface area contributed by atoms with Gasteiger partial charge in [0, 0.05) is 30.4 Å². The molecule has 0 spiro atoms. The van der Waals surface area contributed by atoms with Crippen LogP contribution in [0.25, 0.3) is 0 Å². The minimum atomic E-state index is -4.26. The van der Waals surface area contributed by atoms with Crippen molar-refractivity contribution in [3.05, 3.63) is 16.3 Å². The summed E-state index contributed by atoms with van der Waals surface area (Å²) in [6.07, 6.45) is -5.53. The normalized spacial score (nSPS) is 13.0. The van der Waals surface area contributed by atoms with Crippen LogP contribution in [0.4, 0.5) is 13.2 Å². The molecule has 1 aromatic heterocycles. The number of nitrogens with one attached hydrogen (secondary N) is 2. The maximum absolute atomic E-state index is 12.1. The van der Waals surface area contributed by atoms with E-state index < -0.39 is 22.6 Å². The van der Waals surface area contributed by atoms with E-state index in [1.54, 1.807) is 5.38 Å². The van der Waals surface area contributed by atoms with Gasteiger partial charge >= 0.3 is 6.18 Å². The number of hydrogen-bond donors (Lipinski definition) is 2. The largest absolute Gasteiger partial charge is 0.389 e. The van der Waals surface area contributed by atoms with Crippen LogP contribution < -0.4 is 10.0 Å². The third-order valence-corrected chi connectivity index (χ3v) is 5.19. The third kappa shape index (κ3) is 6.77. The minimum absolute atomic E-state index is 0.132. The van der Waals surface area contributed by atoms with Crippen LogP contribution in [0.1, 0.15) is 31.6 Å². The molecule has 0 unspecified atom stereocenters. The van der Waals surface area contributed by atoms with E-state index in [0.29, 0.717) is 11.4 Å². The monoisotopic (exact) mass is 344 g/mol. The fourth-order valence-corrected chi connectivity index (χ4v) is 4.03. The van der Waals surface area contributed by atoms with E-state index in [1.807, 2.05) is 13.8 Å². The van der Waals surface area contributed by atoms with Crippen molar-refractivity contribution >= 4 is 21.4 Å². The molecule has 4 nitrogen and oxygen atoms in total. The first-order chi connectivity index (χ1) is 9.62. The summed E-state index contributed by atoms with van der Waals surface area (Å²) in [5.41, 5.74) is 0. The summed E-state index contributed by atoms with van der Waals surface area (Å²) in [5, 5.41) is 4.77. The lowest BCUT2D eigenvalue weighted by Gasteiger charge is -2.11. The molecule has 1 rings (SSSR count). The maximum atomic E-state index is 12.1. The smallest absolute Gasteiger partial charge is 0.310 e. The van der Waals surface area contributed by atoms with Crippen LogP contribution in [0.3, 0.4) is 0 Å². The topological polar surface area (TPSA) is 58.2 Å². The van der Waals surface area contributed by atoms with Gasteiger partial charge in [0.2, 0.25) is 10.0 Å². The third-order valence-electron chi connectivity index (χ3n) is 2.59. The van der Waals surface area contributed by atoms with Crippen molar-refractivity contribution in [3.8, 4) is 0 Å². The number of sulfonamides is 1. The molecule has 0 bridgehead atoms. The summed E-state index contributed by atoms with van der Waals surface area (Å²) >= 11 is 1.30. The number of alkyl halides is 3. The molecule has 0 aromatic carbocycles. The van der Waals surface area contributed by atoms with Crippen molar-refractivity contribution in [3.63, 3.8) is 0 Å². The zero-order valence-electron chi connectivity index (χ0n) is 11.8. The van der Waals surface area contributed by atoms with Gasteiger partial charge in [0.05, 0.1) is 4.90 Å². The standard InChI is InChI=1S/C12H19F3N2O2S2/c1-9(2)16-8-10-11(4-7-20-10)21(18,19)17-6-3-5-12(13,14)15/h4,7,9,16-17H,3,5-6,8H2,1-2H3. The predicted octanol–water partition coefficient (Wildman–Crippen LogP) is 2.87. The molecule has 2 N–H and O–H groups in total. The summed E-state index contributed by atoms with van der Waals surface area (Å²) in [4.78, 5) is 0.777. The Kier molecular flexibility index (Phi) is 6.64. The average molecular weight is 344 g/mol. The minimum Gasteiger partial charge on any atom is -0.310 e. The summed E-state index contributed by atoms with van der Waals surface area (Å²) in [6, 6.07) is 1.68.